The van der Waals surface area contributed by atoms with Gasteiger partial charge in [-0.1, -0.05) is 25.6 Å². The zero-order chi connectivity index (χ0) is 23.2. The van der Waals surface area contributed by atoms with Gasteiger partial charge < -0.3 is 14.5 Å². The third-order valence-electron chi connectivity index (χ3n) is 4.68. The van der Waals surface area contributed by atoms with Gasteiger partial charge in [0.05, 0.1) is 10.8 Å². The number of hydrogen-bond acceptors (Lipinski definition) is 7. The molecule has 1 saturated heterocycles. The van der Waals surface area contributed by atoms with Gasteiger partial charge in [-0.05, 0) is 32.9 Å². The summed E-state index contributed by atoms with van der Waals surface area (Å²) in [5.74, 6) is 0.150. The predicted octanol–water partition coefficient (Wildman–Crippen LogP) is 2.28. The molecule has 0 bridgehead atoms. The Bertz CT molecular complexity index is 857. The van der Waals surface area contributed by atoms with Crippen LogP contribution in [0.2, 0.25) is 0 Å². The molecule has 0 N–H and O–H groups in total. The lowest BCUT2D eigenvalue weighted by molar-refractivity contribution is -0.130. The Morgan fingerprint density at radius 2 is 1.68 bits per heavy atom. The lowest BCUT2D eigenvalue weighted by Crippen LogP contribution is -2.52. The van der Waals surface area contributed by atoms with Crippen LogP contribution in [0.4, 0.5) is 4.79 Å². The molecule has 1 fully saturated rings. The minimum atomic E-state index is -3.55. The van der Waals surface area contributed by atoms with Crippen LogP contribution in [-0.2, 0) is 19.6 Å². The molecule has 2 heterocycles. The molecule has 1 aliphatic heterocycles. The summed E-state index contributed by atoms with van der Waals surface area (Å²) in [5, 5.41) is 0.583. The second kappa shape index (κ2) is 10.6. The number of ether oxygens (including phenoxy) is 1. The molecule has 2 rings (SSSR count). The van der Waals surface area contributed by atoms with Crippen molar-refractivity contribution < 1.29 is 22.7 Å². The van der Waals surface area contributed by atoms with Gasteiger partial charge in [0.25, 0.3) is 0 Å². The first-order valence-corrected chi connectivity index (χ1v) is 12.7. The first-order chi connectivity index (χ1) is 14.5. The second-order valence-electron chi connectivity index (χ2n) is 8.06. The van der Waals surface area contributed by atoms with E-state index in [9.17, 15) is 18.0 Å². The van der Waals surface area contributed by atoms with Crippen LogP contribution in [0.3, 0.4) is 0 Å². The highest BCUT2D eigenvalue weighted by Gasteiger charge is 2.28. The second-order valence-corrected chi connectivity index (χ2v) is 11.0. The van der Waals surface area contributed by atoms with E-state index in [4.69, 9.17) is 4.74 Å². The van der Waals surface area contributed by atoms with Crippen LogP contribution in [0, 0.1) is 0 Å². The summed E-state index contributed by atoms with van der Waals surface area (Å²) in [5.41, 5.74) is -0.548. The third-order valence-corrected chi connectivity index (χ3v) is 7.64. The molecule has 0 saturated carbocycles. The van der Waals surface area contributed by atoms with Crippen molar-refractivity contribution >= 4 is 33.8 Å². The molecule has 0 radical (unpaired) electrons. The van der Waals surface area contributed by atoms with E-state index in [1.165, 1.54) is 28.3 Å². The minimum absolute atomic E-state index is 0.0459. The summed E-state index contributed by atoms with van der Waals surface area (Å²) in [4.78, 5) is 32.3. The van der Waals surface area contributed by atoms with Crippen molar-refractivity contribution in [2.45, 2.75) is 50.1 Å². The van der Waals surface area contributed by atoms with Gasteiger partial charge in [-0.25, -0.2) is 18.2 Å². The zero-order valence-electron chi connectivity index (χ0n) is 18.8. The molecule has 9 nitrogen and oxygen atoms in total. The molecule has 1 aromatic rings. The van der Waals surface area contributed by atoms with Crippen LogP contribution < -0.4 is 0 Å². The SMILES string of the molecule is CCN(CC)S(=O)(=O)c1ccc(SCC(=O)N2CCN(C(=O)OC(C)(C)C)CC2)nc1. The van der Waals surface area contributed by atoms with E-state index in [0.717, 1.165) is 0 Å². The number of piperazine rings is 1. The summed E-state index contributed by atoms with van der Waals surface area (Å²) in [6.45, 7) is 11.6. The number of pyridine rings is 1. The lowest BCUT2D eigenvalue weighted by atomic mass is 10.2. The first-order valence-electron chi connectivity index (χ1n) is 10.3. The van der Waals surface area contributed by atoms with Crippen molar-refractivity contribution in [3.8, 4) is 0 Å². The number of sulfonamides is 1. The molecular weight excluding hydrogens is 440 g/mol. The molecule has 0 aromatic carbocycles. The Hall–Kier alpha value is -1.85. The highest BCUT2D eigenvalue weighted by Crippen LogP contribution is 2.20. The van der Waals surface area contributed by atoms with E-state index in [0.29, 0.717) is 44.3 Å². The summed E-state index contributed by atoms with van der Waals surface area (Å²) in [6.07, 6.45) is 0.970. The highest BCUT2D eigenvalue weighted by atomic mass is 32.2. The molecule has 1 aromatic heterocycles. The number of nitrogens with zero attached hydrogens (tertiary/aromatic N) is 4. The average molecular weight is 473 g/mol. The van der Waals surface area contributed by atoms with E-state index < -0.39 is 15.6 Å². The number of hydrogen-bond donors (Lipinski definition) is 0. The summed E-state index contributed by atoms with van der Waals surface area (Å²) < 4.78 is 31.8. The number of thioether (sulfide) groups is 1. The van der Waals surface area contributed by atoms with Crippen molar-refractivity contribution in [1.29, 1.82) is 0 Å². The van der Waals surface area contributed by atoms with Crippen LogP contribution >= 0.6 is 11.8 Å². The Morgan fingerprint density at radius 3 is 2.16 bits per heavy atom. The van der Waals surface area contributed by atoms with Crippen molar-refractivity contribution in [2.75, 3.05) is 45.0 Å². The first kappa shape index (κ1) is 25.4. The van der Waals surface area contributed by atoms with Crippen molar-refractivity contribution in [3.05, 3.63) is 18.3 Å². The van der Waals surface area contributed by atoms with Gasteiger partial charge in [-0.15, -0.1) is 0 Å². The normalized spacial score (nSPS) is 15.3. The molecule has 31 heavy (non-hydrogen) atoms. The van der Waals surface area contributed by atoms with Crippen molar-refractivity contribution in [3.63, 3.8) is 0 Å². The molecule has 0 spiro atoms. The standard InChI is InChI=1S/C20H32N4O5S2/c1-6-24(7-2)31(27,28)16-8-9-17(21-14-16)30-15-18(25)22-10-12-23(13-11-22)19(26)29-20(3,4)5/h8-9,14H,6-7,10-13,15H2,1-5H3. The van der Waals surface area contributed by atoms with Crippen LogP contribution in [0.1, 0.15) is 34.6 Å². The molecule has 11 heteroatoms. The summed E-state index contributed by atoms with van der Waals surface area (Å²) in [7, 11) is -3.55. The fourth-order valence-electron chi connectivity index (χ4n) is 3.01. The molecular formula is C20H32N4O5S2. The van der Waals surface area contributed by atoms with E-state index >= 15 is 0 Å². The maximum atomic E-state index is 12.5. The molecule has 1 aliphatic rings. The maximum absolute atomic E-state index is 12.5. The lowest BCUT2D eigenvalue weighted by Gasteiger charge is -2.35. The fourth-order valence-corrected chi connectivity index (χ4v) is 5.16. The average Bonchev–Trinajstić information content (AvgIpc) is 2.72. The van der Waals surface area contributed by atoms with Gasteiger partial charge in [0.1, 0.15) is 10.5 Å². The summed E-state index contributed by atoms with van der Waals surface area (Å²) in [6, 6.07) is 3.14. The largest absolute Gasteiger partial charge is 0.444 e. The van der Waals surface area contributed by atoms with E-state index in [1.54, 1.807) is 29.7 Å². The van der Waals surface area contributed by atoms with Crippen molar-refractivity contribution in [1.82, 2.24) is 19.1 Å². The van der Waals surface area contributed by atoms with Gasteiger partial charge in [0.15, 0.2) is 0 Å². The number of amides is 2. The Balaban J connectivity index is 1.85. The molecule has 2 amide bonds. The van der Waals surface area contributed by atoms with Crippen LogP contribution in [-0.4, -0.2) is 90.1 Å². The fraction of sp³-hybridized carbons (Fsp3) is 0.650. The Labute approximate surface area is 189 Å². The van der Waals surface area contributed by atoms with E-state index in [1.807, 2.05) is 20.8 Å². The van der Waals surface area contributed by atoms with Crippen LogP contribution in [0.5, 0.6) is 0 Å². The third kappa shape index (κ3) is 7.08. The molecule has 0 aliphatic carbocycles. The van der Waals surface area contributed by atoms with Crippen LogP contribution in [0.25, 0.3) is 0 Å². The Morgan fingerprint density at radius 1 is 1.10 bits per heavy atom. The number of carbonyl (C=O) groups is 2. The van der Waals surface area contributed by atoms with Gasteiger partial charge in [0.2, 0.25) is 15.9 Å². The smallest absolute Gasteiger partial charge is 0.410 e. The minimum Gasteiger partial charge on any atom is -0.444 e. The van der Waals surface area contributed by atoms with Crippen LogP contribution in [0.15, 0.2) is 28.3 Å². The quantitative estimate of drug-likeness (QED) is 0.561. The van der Waals surface area contributed by atoms with Gasteiger partial charge in [-0.2, -0.15) is 4.31 Å². The van der Waals surface area contributed by atoms with E-state index in [2.05, 4.69) is 4.98 Å². The van der Waals surface area contributed by atoms with Gasteiger partial charge in [-0.3, -0.25) is 4.79 Å². The number of aromatic nitrogens is 1. The summed E-state index contributed by atoms with van der Waals surface area (Å²) >= 11 is 1.26. The van der Waals surface area contributed by atoms with E-state index in [-0.39, 0.29) is 22.6 Å². The van der Waals surface area contributed by atoms with Crippen molar-refractivity contribution in [2.24, 2.45) is 0 Å². The predicted molar refractivity (Wildman–Crippen MR) is 119 cm³/mol. The molecule has 0 unspecified atom stereocenters. The topological polar surface area (TPSA) is 100 Å². The van der Waals surface area contributed by atoms with Gasteiger partial charge >= 0.3 is 6.09 Å². The molecule has 174 valence electrons. The number of rotatable bonds is 7. The Kier molecular flexibility index (Phi) is 8.73. The monoisotopic (exact) mass is 472 g/mol. The maximum Gasteiger partial charge on any atom is 0.410 e. The highest BCUT2D eigenvalue weighted by molar-refractivity contribution is 7.99. The number of carbonyl (C=O) groups excluding carboxylic acids is 2. The zero-order valence-corrected chi connectivity index (χ0v) is 20.5. The molecule has 0 atom stereocenters. The van der Waals surface area contributed by atoms with Gasteiger partial charge in [0, 0.05) is 45.5 Å².